The van der Waals surface area contributed by atoms with Gasteiger partial charge in [-0.2, -0.15) is 0 Å². The van der Waals surface area contributed by atoms with Crippen LogP contribution in [0.5, 0.6) is 11.5 Å². The lowest BCUT2D eigenvalue weighted by Crippen LogP contribution is -2.47. The monoisotopic (exact) mass is 455 g/mol. The zero-order chi connectivity index (χ0) is 23.3. The van der Waals surface area contributed by atoms with Crippen molar-refractivity contribution in [3.8, 4) is 11.5 Å². The third kappa shape index (κ3) is 4.72. The van der Waals surface area contributed by atoms with Gasteiger partial charge in [0, 0.05) is 44.6 Å². The highest BCUT2D eigenvalue weighted by Gasteiger charge is 2.31. The summed E-state index contributed by atoms with van der Waals surface area (Å²) in [5.74, 6) is 1.52. The first kappa shape index (κ1) is 22.6. The number of pyridine rings is 1. The average molecular weight is 456 g/mol. The van der Waals surface area contributed by atoms with Crippen LogP contribution in [0.1, 0.15) is 34.0 Å². The van der Waals surface area contributed by atoms with Crippen molar-refractivity contribution in [1.29, 1.82) is 0 Å². The molecule has 3 aromatic rings. The van der Waals surface area contributed by atoms with E-state index in [0.29, 0.717) is 6.04 Å². The van der Waals surface area contributed by atoms with Gasteiger partial charge in [-0.1, -0.05) is 48.6 Å². The molecule has 1 aromatic heterocycles. The molecule has 5 nitrogen and oxygen atoms in total. The number of piperazine rings is 1. The van der Waals surface area contributed by atoms with E-state index in [1.54, 1.807) is 14.2 Å². The van der Waals surface area contributed by atoms with Crippen molar-refractivity contribution < 1.29 is 9.47 Å². The molecule has 2 aliphatic rings. The first-order valence-corrected chi connectivity index (χ1v) is 12.1. The van der Waals surface area contributed by atoms with Crippen LogP contribution in [0.4, 0.5) is 0 Å². The van der Waals surface area contributed by atoms with Gasteiger partial charge in [0.1, 0.15) is 0 Å². The molecule has 34 heavy (non-hydrogen) atoms. The summed E-state index contributed by atoms with van der Waals surface area (Å²) in [6.07, 6.45) is 8.44. The maximum Gasteiger partial charge on any atom is 0.161 e. The summed E-state index contributed by atoms with van der Waals surface area (Å²) in [4.78, 5) is 9.93. The Morgan fingerprint density at radius 2 is 1.68 bits per heavy atom. The van der Waals surface area contributed by atoms with Crippen LogP contribution in [0.25, 0.3) is 6.08 Å². The van der Waals surface area contributed by atoms with Crippen LogP contribution >= 0.6 is 0 Å². The third-order valence-corrected chi connectivity index (χ3v) is 7.05. The lowest BCUT2D eigenvalue weighted by molar-refractivity contribution is 0.117. The second-order valence-corrected chi connectivity index (χ2v) is 8.99. The summed E-state index contributed by atoms with van der Waals surface area (Å²) in [5, 5.41) is 0. The normalized spacial score (nSPS) is 18.8. The highest BCUT2D eigenvalue weighted by molar-refractivity contribution is 5.56. The molecule has 5 heteroatoms. The molecule has 2 heterocycles. The van der Waals surface area contributed by atoms with Gasteiger partial charge in [0.2, 0.25) is 0 Å². The molecule has 176 valence electrons. The fourth-order valence-electron chi connectivity index (χ4n) is 5.25. The number of aryl methyl sites for hydroxylation is 2. The van der Waals surface area contributed by atoms with Crippen molar-refractivity contribution in [2.24, 2.45) is 0 Å². The molecule has 1 aliphatic heterocycles. The molecule has 1 aliphatic carbocycles. The second kappa shape index (κ2) is 10.4. The van der Waals surface area contributed by atoms with Gasteiger partial charge in [0.25, 0.3) is 0 Å². The molecule has 0 N–H and O–H groups in total. The standard InChI is InChI=1S/C29H33N3O2/c1-33-27-14-11-22(21-28(27)34-2)7-6-16-31-17-19-32(20-18-31)29-24-9-4-3-8-23(24)12-13-26-25(29)10-5-15-30-26/h3-11,14-15,21,29H,12-13,16-20H2,1-2H3/b7-6+. The van der Waals surface area contributed by atoms with Crippen molar-refractivity contribution in [3.05, 3.63) is 94.8 Å². The summed E-state index contributed by atoms with van der Waals surface area (Å²) < 4.78 is 10.8. The molecule has 0 radical (unpaired) electrons. The van der Waals surface area contributed by atoms with Gasteiger partial charge in [-0.3, -0.25) is 14.8 Å². The summed E-state index contributed by atoms with van der Waals surface area (Å²) in [6.45, 7) is 5.17. The quantitative estimate of drug-likeness (QED) is 0.542. The van der Waals surface area contributed by atoms with E-state index in [9.17, 15) is 0 Å². The molecule has 0 saturated carbocycles. The van der Waals surface area contributed by atoms with Gasteiger partial charge in [-0.05, 0) is 53.3 Å². The van der Waals surface area contributed by atoms with Crippen LogP contribution in [0, 0.1) is 0 Å². The molecule has 1 fully saturated rings. The Bertz CT molecular complexity index is 1100. The van der Waals surface area contributed by atoms with Crippen LogP contribution in [0.2, 0.25) is 0 Å². The minimum absolute atomic E-state index is 0.298. The zero-order valence-electron chi connectivity index (χ0n) is 20.1. The average Bonchev–Trinajstić information content (AvgIpc) is 3.06. The van der Waals surface area contributed by atoms with Crippen LogP contribution in [-0.2, 0) is 12.8 Å². The van der Waals surface area contributed by atoms with Crippen LogP contribution in [0.3, 0.4) is 0 Å². The summed E-state index contributed by atoms with van der Waals surface area (Å²) >= 11 is 0. The first-order valence-electron chi connectivity index (χ1n) is 12.1. The van der Waals surface area contributed by atoms with Gasteiger partial charge in [0.15, 0.2) is 11.5 Å². The Balaban J connectivity index is 1.26. The Kier molecular flexibility index (Phi) is 6.93. The van der Waals surface area contributed by atoms with Gasteiger partial charge >= 0.3 is 0 Å². The van der Waals surface area contributed by atoms with E-state index in [4.69, 9.17) is 14.5 Å². The molecule has 0 spiro atoms. The van der Waals surface area contributed by atoms with Gasteiger partial charge < -0.3 is 9.47 Å². The number of benzene rings is 2. The summed E-state index contributed by atoms with van der Waals surface area (Å²) in [6, 6.07) is 19.7. The molecule has 0 amide bonds. The van der Waals surface area contributed by atoms with E-state index in [1.165, 1.54) is 22.4 Å². The van der Waals surface area contributed by atoms with Crippen LogP contribution in [0.15, 0.2) is 66.9 Å². The number of fused-ring (bicyclic) bond motifs is 2. The minimum Gasteiger partial charge on any atom is -0.493 e. The van der Waals surface area contributed by atoms with E-state index in [1.807, 2.05) is 18.3 Å². The van der Waals surface area contributed by atoms with E-state index in [2.05, 4.69) is 64.4 Å². The molecular formula is C29H33N3O2. The number of methoxy groups -OCH3 is 2. The Labute approximate surface area is 202 Å². The number of rotatable bonds is 6. The number of aromatic nitrogens is 1. The van der Waals surface area contributed by atoms with E-state index in [-0.39, 0.29) is 0 Å². The number of ether oxygens (including phenoxy) is 2. The Morgan fingerprint density at radius 1 is 0.882 bits per heavy atom. The van der Waals surface area contributed by atoms with Crippen molar-refractivity contribution in [3.63, 3.8) is 0 Å². The van der Waals surface area contributed by atoms with Crippen molar-refractivity contribution >= 4 is 6.08 Å². The largest absolute Gasteiger partial charge is 0.493 e. The Hall–Kier alpha value is -3.15. The van der Waals surface area contributed by atoms with Crippen molar-refractivity contribution in [1.82, 2.24) is 14.8 Å². The third-order valence-electron chi connectivity index (χ3n) is 7.05. The fraction of sp³-hybridized carbons (Fsp3) is 0.345. The molecule has 1 unspecified atom stereocenters. The summed E-state index contributed by atoms with van der Waals surface area (Å²) in [5.41, 5.74) is 6.68. The molecule has 1 atom stereocenters. The van der Waals surface area contributed by atoms with Crippen molar-refractivity contribution in [2.45, 2.75) is 18.9 Å². The van der Waals surface area contributed by atoms with Gasteiger partial charge in [-0.15, -0.1) is 0 Å². The second-order valence-electron chi connectivity index (χ2n) is 8.99. The van der Waals surface area contributed by atoms with E-state index in [0.717, 1.165) is 62.6 Å². The van der Waals surface area contributed by atoms with Crippen LogP contribution < -0.4 is 9.47 Å². The predicted octanol–water partition coefficient (Wildman–Crippen LogP) is 4.62. The fourth-order valence-corrected chi connectivity index (χ4v) is 5.25. The topological polar surface area (TPSA) is 37.8 Å². The Morgan fingerprint density at radius 3 is 2.50 bits per heavy atom. The lowest BCUT2D eigenvalue weighted by Gasteiger charge is -2.40. The maximum absolute atomic E-state index is 5.42. The van der Waals surface area contributed by atoms with Gasteiger partial charge in [0.05, 0.1) is 20.3 Å². The minimum atomic E-state index is 0.298. The number of hydrogen-bond donors (Lipinski definition) is 0. The number of hydrogen-bond acceptors (Lipinski definition) is 5. The number of nitrogens with zero attached hydrogens (tertiary/aromatic N) is 3. The van der Waals surface area contributed by atoms with Crippen LogP contribution in [-0.4, -0.2) is 61.7 Å². The van der Waals surface area contributed by atoms with Gasteiger partial charge in [-0.25, -0.2) is 0 Å². The predicted molar refractivity (Wildman–Crippen MR) is 137 cm³/mol. The van der Waals surface area contributed by atoms with E-state index < -0.39 is 0 Å². The highest BCUT2D eigenvalue weighted by Crippen LogP contribution is 2.36. The molecule has 0 bridgehead atoms. The summed E-state index contributed by atoms with van der Waals surface area (Å²) in [7, 11) is 3.34. The smallest absolute Gasteiger partial charge is 0.161 e. The molecule has 1 saturated heterocycles. The molecular weight excluding hydrogens is 422 g/mol. The first-order chi connectivity index (χ1) is 16.8. The lowest BCUT2D eigenvalue weighted by atomic mass is 9.94. The zero-order valence-corrected chi connectivity index (χ0v) is 20.1. The van der Waals surface area contributed by atoms with E-state index >= 15 is 0 Å². The van der Waals surface area contributed by atoms with Crippen molar-refractivity contribution in [2.75, 3.05) is 46.9 Å². The molecule has 5 rings (SSSR count). The SMILES string of the molecule is COc1ccc(/C=C/CN2CCN(C3c4ccccc4CCc4ncccc43)CC2)cc1OC. The maximum atomic E-state index is 5.42. The molecule has 2 aromatic carbocycles. The highest BCUT2D eigenvalue weighted by atomic mass is 16.5.